The van der Waals surface area contributed by atoms with Crippen molar-refractivity contribution in [3.05, 3.63) is 28.6 Å². The Kier molecular flexibility index (Phi) is 1.62. The molecule has 1 heterocycles. The van der Waals surface area contributed by atoms with Crippen molar-refractivity contribution in [2.24, 2.45) is 10.9 Å². The molecular formula is C8H9N3S. The Morgan fingerprint density at radius 1 is 1.50 bits per heavy atom. The number of nitrogens with one attached hydrogen (secondary N) is 1. The normalized spacial score (nSPS) is 12.6. The van der Waals surface area contributed by atoms with Crippen LogP contribution in [0.25, 0.3) is 10.2 Å². The minimum atomic E-state index is 0.760. The Labute approximate surface area is 73.5 Å². The molecule has 4 heteroatoms. The number of H-pyrrole nitrogens is 1. The lowest BCUT2D eigenvalue weighted by Gasteiger charge is -1.89. The van der Waals surface area contributed by atoms with Gasteiger partial charge in [-0.1, -0.05) is 17.4 Å². The predicted octanol–water partition coefficient (Wildman–Crippen LogP) is 1.31. The van der Waals surface area contributed by atoms with Crippen molar-refractivity contribution < 1.29 is 0 Å². The van der Waals surface area contributed by atoms with Crippen molar-refractivity contribution in [3.8, 4) is 0 Å². The summed E-state index contributed by atoms with van der Waals surface area (Å²) < 4.78 is 1.19. The highest BCUT2D eigenvalue weighted by Gasteiger charge is 1.96. The Morgan fingerprint density at radius 2 is 2.33 bits per heavy atom. The first-order valence-electron chi connectivity index (χ1n) is 3.63. The van der Waals surface area contributed by atoms with E-state index in [-0.39, 0.29) is 0 Å². The molecule has 1 aromatic carbocycles. The number of aromatic nitrogens is 1. The number of benzene rings is 1. The fraction of sp³-hybridized carbons (Fsp3) is 0.125. The molecule has 0 spiro atoms. The standard InChI is InChI=1S/C8H9N3S/c1-5-2-3-6-7(4-5)12-8(10-6)11-9/h2-4H,9H2,1H3,(H,10,11). The van der Waals surface area contributed by atoms with Crippen LogP contribution in [-0.4, -0.2) is 4.98 Å². The molecule has 0 amide bonds. The summed E-state index contributed by atoms with van der Waals surface area (Å²) in [5, 5.41) is 3.60. The molecule has 0 saturated heterocycles. The number of thiazole rings is 1. The first-order chi connectivity index (χ1) is 5.79. The van der Waals surface area contributed by atoms with Crippen molar-refractivity contribution in [2.75, 3.05) is 0 Å². The van der Waals surface area contributed by atoms with E-state index in [4.69, 9.17) is 5.84 Å². The average molecular weight is 179 g/mol. The zero-order chi connectivity index (χ0) is 8.55. The van der Waals surface area contributed by atoms with Gasteiger partial charge in [0.1, 0.15) is 0 Å². The Hall–Kier alpha value is -1.29. The number of aromatic amines is 1. The van der Waals surface area contributed by atoms with Crippen LogP contribution in [0, 0.1) is 6.92 Å². The van der Waals surface area contributed by atoms with E-state index < -0.39 is 0 Å². The molecule has 3 N–H and O–H groups in total. The highest BCUT2D eigenvalue weighted by atomic mass is 32.1. The Morgan fingerprint density at radius 3 is 3.08 bits per heavy atom. The monoisotopic (exact) mass is 179 g/mol. The smallest absolute Gasteiger partial charge is 0.205 e. The summed E-state index contributed by atoms with van der Waals surface area (Å²) in [6, 6.07) is 6.22. The molecule has 3 nitrogen and oxygen atoms in total. The van der Waals surface area contributed by atoms with Gasteiger partial charge in [-0.2, -0.15) is 5.10 Å². The second kappa shape index (κ2) is 2.64. The summed E-state index contributed by atoms with van der Waals surface area (Å²) in [7, 11) is 0. The van der Waals surface area contributed by atoms with Crippen LogP contribution in [0.2, 0.25) is 0 Å². The zero-order valence-corrected chi connectivity index (χ0v) is 7.48. The first kappa shape index (κ1) is 7.36. The number of hydrogen-bond donors (Lipinski definition) is 2. The van der Waals surface area contributed by atoms with Gasteiger partial charge in [0.05, 0.1) is 10.2 Å². The third-order valence-electron chi connectivity index (χ3n) is 1.70. The Balaban J connectivity index is 2.84. The van der Waals surface area contributed by atoms with E-state index in [2.05, 4.69) is 29.1 Å². The molecule has 0 aliphatic heterocycles. The summed E-state index contributed by atoms with van der Waals surface area (Å²) in [5.41, 5.74) is 2.34. The van der Waals surface area contributed by atoms with E-state index in [1.165, 1.54) is 10.3 Å². The third kappa shape index (κ3) is 1.10. The maximum Gasteiger partial charge on any atom is 0.205 e. The number of aryl methyl sites for hydroxylation is 1. The SMILES string of the molecule is Cc1ccc2[nH]/c(=N/N)sc2c1. The quantitative estimate of drug-likeness (QED) is 0.465. The molecule has 2 aromatic rings. The largest absolute Gasteiger partial charge is 0.329 e. The Bertz CT molecular complexity index is 466. The van der Waals surface area contributed by atoms with Gasteiger partial charge in [0.2, 0.25) is 4.80 Å². The number of nitrogens with zero attached hydrogens (tertiary/aromatic N) is 1. The van der Waals surface area contributed by atoms with E-state index in [0.717, 1.165) is 10.3 Å². The lowest BCUT2D eigenvalue weighted by molar-refractivity contribution is 1.11. The molecule has 0 bridgehead atoms. The summed E-state index contributed by atoms with van der Waals surface area (Å²) in [5.74, 6) is 5.16. The predicted molar refractivity (Wildman–Crippen MR) is 50.7 cm³/mol. The molecule has 0 aliphatic rings. The van der Waals surface area contributed by atoms with Crippen LogP contribution in [0.1, 0.15) is 5.56 Å². The summed E-state index contributed by atoms with van der Waals surface area (Å²) in [6.45, 7) is 2.07. The van der Waals surface area contributed by atoms with E-state index in [9.17, 15) is 0 Å². The topological polar surface area (TPSA) is 54.2 Å². The average Bonchev–Trinajstić information content (AvgIpc) is 2.46. The third-order valence-corrected chi connectivity index (χ3v) is 2.66. The van der Waals surface area contributed by atoms with E-state index in [0.29, 0.717) is 0 Å². The molecule has 62 valence electrons. The van der Waals surface area contributed by atoms with Gasteiger partial charge in [-0.25, -0.2) is 0 Å². The van der Waals surface area contributed by atoms with Crippen LogP contribution in [0.15, 0.2) is 23.3 Å². The molecule has 0 fully saturated rings. The highest BCUT2D eigenvalue weighted by molar-refractivity contribution is 7.16. The minimum Gasteiger partial charge on any atom is -0.329 e. The lowest BCUT2D eigenvalue weighted by atomic mass is 10.2. The van der Waals surface area contributed by atoms with E-state index in [1.54, 1.807) is 11.3 Å². The van der Waals surface area contributed by atoms with Crippen LogP contribution < -0.4 is 10.6 Å². The summed E-state index contributed by atoms with van der Waals surface area (Å²) >= 11 is 1.56. The molecule has 0 atom stereocenters. The molecule has 1 aromatic heterocycles. The van der Waals surface area contributed by atoms with Crippen LogP contribution in [0.4, 0.5) is 0 Å². The van der Waals surface area contributed by atoms with Gasteiger partial charge < -0.3 is 10.8 Å². The second-order valence-corrected chi connectivity index (χ2v) is 3.69. The highest BCUT2D eigenvalue weighted by Crippen LogP contribution is 2.15. The summed E-state index contributed by atoms with van der Waals surface area (Å²) in [6.07, 6.45) is 0. The zero-order valence-electron chi connectivity index (χ0n) is 6.66. The summed E-state index contributed by atoms with van der Waals surface area (Å²) in [4.78, 5) is 3.86. The molecule has 0 aliphatic carbocycles. The molecule has 0 saturated carbocycles. The van der Waals surface area contributed by atoms with Crippen LogP contribution in [0.3, 0.4) is 0 Å². The van der Waals surface area contributed by atoms with Crippen molar-refractivity contribution in [1.82, 2.24) is 4.98 Å². The number of fused-ring (bicyclic) bond motifs is 1. The van der Waals surface area contributed by atoms with Gasteiger partial charge in [-0.3, -0.25) is 0 Å². The maximum absolute atomic E-state index is 5.16. The number of nitrogens with two attached hydrogens (primary N) is 1. The molecule has 0 unspecified atom stereocenters. The van der Waals surface area contributed by atoms with Crippen molar-refractivity contribution in [3.63, 3.8) is 0 Å². The molecular weight excluding hydrogens is 170 g/mol. The molecule has 2 rings (SSSR count). The van der Waals surface area contributed by atoms with Gasteiger partial charge in [-0.05, 0) is 24.6 Å². The second-order valence-electron chi connectivity index (χ2n) is 2.66. The van der Waals surface area contributed by atoms with Crippen molar-refractivity contribution in [1.29, 1.82) is 0 Å². The molecule has 12 heavy (non-hydrogen) atoms. The van der Waals surface area contributed by atoms with E-state index in [1.807, 2.05) is 6.07 Å². The number of rotatable bonds is 0. The van der Waals surface area contributed by atoms with Gasteiger partial charge in [0.25, 0.3) is 0 Å². The van der Waals surface area contributed by atoms with Crippen LogP contribution >= 0.6 is 11.3 Å². The fourth-order valence-corrected chi connectivity index (χ4v) is 2.02. The van der Waals surface area contributed by atoms with Crippen molar-refractivity contribution in [2.45, 2.75) is 6.92 Å². The van der Waals surface area contributed by atoms with Gasteiger partial charge in [-0.15, -0.1) is 0 Å². The van der Waals surface area contributed by atoms with Gasteiger partial charge >= 0.3 is 0 Å². The van der Waals surface area contributed by atoms with Gasteiger partial charge in [0, 0.05) is 0 Å². The fourth-order valence-electron chi connectivity index (χ4n) is 1.12. The van der Waals surface area contributed by atoms with Crippen molar-refractivity contribution >= 4 is 21.6 Å². The number of hydrogen-bond acceptors (Lipinski definition) is 3. The first-order valence-corrected chi connectivity index (χ1v) is 4.44. The van der Waals surface area contributed by atoms with E-state index >= 15 is 0 Å². The van der Waals surface area contributed by atoms with Crippen LogP contribution in [0.5, 0.6) is 0 Å². The minimum absolute atomic E-state index is 0.760. The maximum atomic E-state index is 5.16. The molecule has 0 radical (unpaired) electrons. The van der Waals surface area contributed by atoms with Crippen LogP contribution in [-0.2, 0) is 0 Å². The van der Waals surface area contributed by atoms with Gasteiger partial charge in [0.15, 0.2) is 0 Å². The lowest BCUT2D eigenvalue weighted by Crippen LogP contribution is -2.00.